The summed E-state index contributed by atoms with van der Waals surface area (Å²) in [5, 5.41) is 2.20. The standard InChI is InChI=1S/C18H14BrN3O3/c1-11-6-8-12(9-7-11)22-17(24)13(16(23)21-18(22)25)10-20-15-5-3-2-4-14(15)19/h2-10,13H,1H3,(H,21,23,25)/t13-/m0/s1. The second-order valence-corrected chi connectivity index (χ2v) is 6.37. The van der Waals surface area contributed by atoms with E-state index in [9.17, 15) is 14.4 Å². The Hall–Kier alpha value is -2.80. The Morgan fingerprint density at radius 1 is 1.08 bits per heavy atom. The van der Waals surface area contributed by atoms with Gasteiger partial charge in [0.1, 0.15) is 0 Å². The van der Waals surface area contributed by atoms with Gasteiger partial charge in [-0.05, 0) is 47.1 Å². The molecule has 4 amide bonds. The highest BCUT2D eigenvalue weighted by Crippen LogP contribution is 2.25. The van der Waals surface area contributed by atoms with Gasteiger partial charge in [-0.1, -0.05) is 29.8 Å². The van der Waals surface area contributed by atoms with Gasteiger partial charge in [-0.25, -0.2) is 9.69 Å². The van der Waals surface area contributed by atoms with Gasteiger partial charge in [-0.15, -0.1) is 0 Å². The van der Waals surface area contributed by atoms with Crippen LogP contribution in [0.1, 0.15) is 5.56 Å². The van der Waals surface area contributed by atoms with Gasteiger partial charge >= 0.3 is 6.03 Å². The first-order valence-corrected chi connectivity index (χ1v) is 8.31. The number of carbonyl (C=O) groups is 3. The molecule has 3 rings (SSSR count). The number of para-hydroxylation sites is 1. The number of aryl methyl sites for hydroxylation is 1. The van der Waals surface area contributed by atoms with Gasteiger partial charge in [0.05, 0.1) is 11.4 Å². The highest BCUT2D eigenvalue weighted by Gasteiger charge is 2.40. The summed E-state index contributed by atoms with van der Waals surface area (Å²) in [4.78, 5) is 42.0. The molecule has 126 valence electrons. The van der Waals surface area contributed by atoms with Gasteiger partial charge in [0.2, 0.25) is 5.91 Å². The molecule has 2 aromatic rings. The fraction of sp³-hybridized carbons (Fsp3) is 0.111. The van der Waals surface area contributed by atoms with Crippen molar-refractivity contribution in [1.29, 1.82) is 0 Å². The summed E-state index contributed by atoms with van der Waals surface area (Å²) in [7, 11) is 0. The summed E-state index contributed by atoms with van der Waals surface area (Å²) in [6.07, 6.45) is 1.26. The van der Waals surface area contributed by atoms with Crippen LogP contribution in [0.2, 0.25) is 0 Å². The minimum absolute atomic E-state index is 0.403. The predicted molar refractivity (Wildman–Crippen MR) is 98.0 cm³/mol. The Bertz CT molecular complexity index is 877. The number of hydrogen-bond donors (Lipinski definition) is 1. The number of amides is 4. The molecule has 0 aromatic heterocycles. The Kier molecular flexibility index (Phi) is 4.76. The van der Waals surface area contributed by atoms with Crippen LogP contribution in [0.5, 0.6) is 0 Å². The molecule has 1 aliphatic rings. The van der Waals surface area contributed by atoms with Crippen LogP contribution >= 0.6 is 15.9 Å². The van der Waals surface area contributed by atoms with Crippen molar-refractivity contribution >= 4 is 51.4 Å². The third kappa shape index (κ3) is 3.51. The summed E-state index contributed by atoms with van der Waals surface area (Å²) in [5.41, 5.74) is 1.98. The van der Waals surface area contributed by atoms with E-state index < -0.39 is 23.8 Å². The van der Waals surface area contributed by atoms with E-state index in [1.54, 1.807) is 42.5 Å². The number of benzene rings is 2. The number of urea groups is 1. The van der Waals surface area contributed by atoms with E-state index in [2.05, 4.69) is 26.2 Å². The third-order valence-corrected chi connectivity index (χ3v) is 4.38. The molecular formula is C18H14BrN3O3. The van der Waals surface area contributed by atoms with E-state index in [4.69, 9.17) is 0 Å². The van der Waals surface area contributed by atoms with Crippen LogP contribution in [0.4, 0.5) is 16.2 Å². The van der Waals surface area contributed by atoms with E-state index in [1.807, 2.05) is 13.0 Å². The molecule has 25 heavy (non-hydrogen) atoms. The van der Waals surface area contributed by atoms with Crippen LogP contribution in [0.25, 0.3) is 0 Å². The molecule has 7 heteroatoms. The van der Waals surface area contributed by atoms with Crippen LogP contribution in [0.3, 0.4) is 0 Å². The van der Waals surface area contributed by atoms with Crippen molar-refractivity contribution in [2.45, 2.75) is 6.92 Å². The van der Waals surface area contributed by atoms with Crippen molar-refractivity contribution in [1.82, 2.24) is 5.32 Å². The van der Waals surface area contributed by atoms with Gasteiger partial charge in [0, 0.05) is 10.7 Å². The summed E-state index contributed by atoms with van der Waals surface area (Å²) in [5.74, 6) is -2.49. The zero-order valence-electron chi connectivity index (χ0n) is 13.3. The Morgan fingerprint density at radius 2 is 1.76 bits per heavy atom. The zero-order chi connectivity index (χ0) is 18.0. The molecular weight excluding hydrogens is 386 g/mol. The fourth-order valence-electron chi connectivity index (χ4n) is 2.37. The third-order valence-electron chi connectivity index (χ3n) is 3.71. The molecule has 1 heterocycles. The van der Waals surface area contributed by atoms with E-state index in [-0.39, 0.29) is 0 Å². The van der Waals surface area contributed by atoms with Gasteiger partial charge < -0.3 is 0 Å². The summed E-state index contributed by atoms with van der Waals surface area (Å²) in [6, 6.07) is 13.3. The smallest absolute Gasteiger partial charge is 0.276 e. The lowest BCUT2D eigenvalue weighted by Gasteiger charge is -2.28. The molecule has 0 radical (unpaired) electrons. The number of barbiturate groups is 1. The number of imide groups is 2. The molecule has 1 aliphatic heterocycles. The highest BCUT2D eigenvalue weighted by atomic mass is 79.9. The lowest BCUT2D eigenvalue weighted by Crippen LogP contribution is -2.58. The molecule has 1 N–H and O–H groups in total. The van der Waals surface area contributed by atoms with Crippen molar-refractivity contribution in [3.8, 4) is 0 Å². The van der Waals surface area contributed by atoms with Gasteiger partial charge in [0.15, 0.2) is 5.92 Å². The maximum Gasteiger partial charge on any atom is 0.335 e. The molecule has 2 aromatic carbocycles. The van der Waals surface area contributed by atoms with Gasteiger partial charge in [-0.3, -0.25) is 19.9 Å². The van der Waals surface area contributed by atoms with E-state index in [1.165, 1.54) is 6.21 Å². The fourth-order valence-corrected chi connectivity index (χ4v) is 2.76. The molecule has 6 nitrogen and oxygen atoms in total. The lowest BCUT2D eigenvalue weighted by atomic mass is 10.1. The summed E-state index contributed by atoms with van der Waals surface area (Å²) in [6.45, 7) is 1.90. The topological polar surface area (TPSA) is 78.8 Å². The van der Waals surface area contributed by atoms with Crippen LogP contribution in [-0.4, -0.2) is 24.1 Å². The molecule has 0 bridgehead atoms. The maximum atomic E-state index is 12.7. The van der Waals surface area contributed by atoms with Crippen molar-refractivity contribution in [2.24, 2.45) is 10.9 Å². The minimum Gasteiger partial charge on any atom is -0.276 e. The average Bonchev–Trinajstić information content (AvgIpc) is 2.57. The molecule has 1 fully saturated rings. The summed E-state index contributed by atoms with van der Waals surface area (Å²) < 4.78 is 0.737. The SMILES string of the molecule is Cc1ccc(N2C(=O)NC(=O)[C@H](C=Nc3ccccc3Br)C2=O)cc1. The molecule has 0 unspecified atom stereocenters. The molecule has 0 saturated carbocycles. The number of anilines is 1. The van der Waals surface area contributed by atoms with E-state index >= 15 is 0 Å². The number of nitrogens with zero attached hydrogens (tertiary/aromatic N) is 2. The second kappa shape index (κ2) is 6.98. The second-order valence-electron chi connectivity index (χ2n) is 5.51. The molecule has 1 saturated heterocycles. The lowest BCUT2D eigenvalue weighted by molar-refractivity contribution is -0.131. The highest BCUT2D eigenvalue weighted by molar-refractivity contribution is 9.10. The number of aliphatic imine (C=N–C) groups is 1. The van der Waals surface area contributed by atoms with Crippen LogP contribution in [-0.2, 0) is 9.59 Å². The first-order valence-electron chi connectivity index (χ1n) is 7.51. The largest absolute Gasteiger partial charge is 0.335 e. The predicted octanol–water partition coefficient (Wildman–Crippen LogP) is 3.36. The zero-order valence-corrected chi connectivity index (χ0v) is 14.9. The molecule has 0 aliphatic carbocycles. The number of halogens is 1. The first kappa shape index (κ1) is 17.0. The van der Waals surface area contributed by atoms with Crippen LogP contribution in [0.15, 0.2) is 58.0 Å². The summed E-state index contributed by atoms with van der Waals surface area (Å²) >= 11 is 3.35. The number of carbonyl (C=O) groups excluding carboxylic acids is 3. The molecule has 0 spiro atoms. The average molecular weight is 400 g/mol. The number of hydrogen-bond acceptors (Lipinski definition) is 4. The van der Waals surface area contributed by atoms with Crippen LogP contribution in [0, 0.1) is 12.8 Å². The van der Waals surface area contributed by atoms with Crippen molar-refractivity contribution in [2.75, 3.05) is 4.90 Å². The Morgan fingerprint density at radius 3 is 2.44 bits per heavy atom. The van der Waals surface area contributed by atoms with Gasteiger partial charge in [-0.2, -0.15) is 0 Å². The van der Waals surface area contributed by atoms with Crippen molar-refractivity contribution in [3.63, 3.8) is 0 Å². The monoisotopic (exact) mass is 399 g/mol. The molecule has 1 atom stereocenters. The van der Waals surface area contributed by atoms with Crippen LogP contribution < -0.4 is 10.2 Å². The first-order chi connectivity index (χ1) is 12.0. The van der Waals surface area contributed by atoms with Gasteiger partial charge in [0.25, 0.3) is 5.91 Å². The number of rotatable bonds is 3. The quantitative estimate of drug-likeness (QED) is 0.634. The number of nitrogens with one attached hydrogen (secondary N) is 1. The van der Waals surface area contributed by atoms with E-state index in [0.29, 0.717) is 11.4 Å². The Labute approximate surface area is 152 Å². The van der Waals surface area contributed by atoms with E-state index in [0.717, 1.165) is 14.9 Å². The van der Waals surface area contributed by atoms with Crippen molar-refractivity contribution in [3.05, 3.63) is 58.6 Å². The minimum atomic E-state index is -1.17. The Balaban J connectivity index is 1.90. The normalized spacial score (nSPS) is 17.9. The van der Waals surface area contributed by atoms with Crippen molar-refractivity contribution < 1.29 is 14.4 Å². The maximum absolute atomic E-state index is 12.7.